The standard InChI is InChI=1S/C13H19NO2/c1-10(9-15-2)14-12-7-8-16-13-6-4-3-5-11(12)13/h3-6,10,12,14H,7-9H2,1-2H3. The van der Waals surface area contributed by atoms with Gasteiger partial charge < -0.3 is 14.8 Å². The summed E-state index contributed by atoms with van der Waals surface area (Å²) in [4.78, 5) is 0. The fourth-order valence-electron chi connectivity index (χ4n) is 2.16. The average molecular weight is 221 g/mol. The zero-order valence-corrected chi connectivity index (χ0v) is 9.90. The van der Waals surface area contributed by atoms with Crippen molar-refractivity contribution in [2.45, 2.75) is 25.4 Å². The van der Waals surface area contributed by atoms with E-state index in [-0.39, 0.29) is 0 Å². The van der Waals surface area contributed by atoms with Crippen molar-refractivity contribution in [2.75, 3.05) is 20.3 Å². The summed E-state index contributed by atoms with van der Waals surface area (Å²) in [5.41, 5.74) is 1.26. The quantitative estimate of drug-likeness (QED) is 0.845. The van der Waals surface area contributed by atoms with Gasteiger partial charge in [0.2, 0.25) is 0 Å². The van der Waals surface area contributed by atoms with Gasteiger partial charge in [-0.2, -0.15) is 0 Å². The maximum atomic E-state index is 5.62. The monoisotopic (exact) mass is 221 g/mol. The van der Waals surface area contributed by atoms with Crippen LogP contribution in [0.3, 0.4) is 0 Å². The molecule has 0 aromatic heterocycles. The van der Waals surface area contributed by atoms with E-state index in [4.69, 9.17) is 9.47 Å². The molecular weight excluding hydrogens is 202 g/mol. The van der Waals surface area contributed by atoms with E-state index < -0.39 is 0 Å². The van der Waals surface area contributed by atoms with Crippen LogP contribution >= 0.6 is 0 Å². The van der Waals surface area contributed by atoms with Crippen LogP contribution in [0, 0.1) is 0 Å². The molecule has 1 heterocycles. The van der Waals surface area contributed by atoms with Gasteiger partial charge in [0, 0.05) is 31.2 Å². The Morgan fingerprint density at radius 3 is 3.12 bits per heavy atom. The number of fused-ring (bicyclic) bond motifs is 1. The number of rotatable bonds is 4. The zero-order chi connectivity index (χ0) is 11.4. The van der Waals surface area contributed by atoms with E-state index in [0.29, 0.717) is 12.1 Å². The zero-order valence-electron chi connectivity index (χ0n) is 9.90. The third kappa shape index (κ3) is 2.54. The van der Waals surface area contributed by atoms with Crippen molar-refractivity contribution in [1.29, 1.82) is 0 Å². The van der Waals surface area contributed by atoms with Crippen LogP contribution in [0.15, 0.2) is 24.3 Å². The number of ether oxygens (including phenoxy) is 2. The van der Waals surface area contributed by atoms with Crippen LogP contribution in [0.1, 0.15) is 24.9 Å². The lowest BCUT2D eigenvalue weighted by Crippen LogP contribution is -2.36. The molecule has 88 valence electrons. The van der Waals surface area contributed by atoms with Gasteiger partial charge in [0.25, 0.3) is 0 Å². The van der Waals surface area contributed by atoms with Crippen molar-refractivity contribution in [2.24, 2.45) is 0 Å². The van der Waals surface area contributed by atoms with Crippen LogP contribution in [0.25, 0.3) is 0 Å². The van der Waals surface area contributed by atoms with Crippen LogP contribution in [-0.4, -0.2) is 26.4 Å². The Balaban J connectivity index is 2.07. The van der Waals surface area contributed by atoms with Crippen molar-refractivity contribution in [3.63, 3.8) is 0 Å². The van der Waals surface area contributed by atoms with Crippen LogP contribution in [0.2, 0.25) is 0 Å². The summed E-state index contributed by atoms with van der Waals surface area (Å²) in [6.45, 7) is 3.66. The second-order valence-electron chi connectivity index (χ2n) is 4.25. The lowest BCUT2D eigenvalue weighted by atomic mass is 10.00. The smallest absolute Gasteiger partial charge is 0.124 e. The molecule has 3 heteroatoms. The predicted octanol–water partition coefficient (Wildman–Crippen LogP) is 2.13. The molecule has 1 N–H and O–H groups in total. The number of nitrogens with one attached hydrogen (secondary N) is 1. The summed E-state index contributed by atoms with van der Waals surface area (Å²) in [6.07, 6.45) is 1.02. The summed E-state index contributed by atoms with van der Waals surface area (Å²) in [7, 11) is 1.73. The van der Waals surface area contributed by atoms with Crippen molar-refractivity contribution in [1.82, 2.24) is 5.32 Å². The molecule has 0 radical (unpaired) electrons. The molecule has 0 bridgehead atoms. The molecule has 1 aromatic carbocycles. The minimum absolute atomic E-state index is 0.362. The molecule has 0 saturated carbocycles. The number of methoxy groups -OCH3 is 1. The Morgan fingerprint density at radius 2 is 2.31 bits per heavy atom. The molecule has 3 nitrogen and oxygen atoms in total. The first-order valence-electron chi connectivity index (χ1n) is 5.78. The van der Waals surface area contributed by atoms with Gasteiger partial charge >= 0.3 is 0 Å². The van der Waals surface area contributed by atoms with Gasteiger partial charge in [0.1, 0.15) is 5.75 Å². The normalized spacial score (nSPS) is 21.0. The fraction of sp³-hybridized carbons (Fsp3) is 0.538. The minimum Gasteiger partial charge on any atom is -0.493 e. The third-order valence-corrected chi connectivity index (χ3v) is 2.86. The van der Waals surface area contributed by atoms with Gasteiger partial charge in [-0.3, -0.25) is 0 Å². The Labute approximate surface area is 96.8 Å². The second kappa shape index (κ2) is 5.32. The molecule has 0 aliphatic carbocycles. The lowest BCUT2D eigenvalue weighted by molar-refractivity contribution is 0.158. The predicted molar refractivity (Wildman–Crippen MR) is 63.8 cm³/mol. The molecule has 2 atom stereocenters. The highest BCUT2D eigenvalue weighted by molar-refractivity contribution is 5.37. The van der Waals surface area contributed by atoms with Gasteiger partial charge in [-0.15, -0.1) is 0 Å². The van der Waals surface area contributed by atoms with Crippen LogP contribution < -0.4 is 10.1 Å². The van der Waals surface area contributed by atoms with Crippen LogP contribution in [0.5, 0.6) is 5.75 Å². The number of hydrogen-bond acceptors (Lipinski definition) is 3. The number of para-hydroxylation sites is 1. The largest absolute Gasteiger partial charge is 0.493 e. The Morgan fingerprint density at radius 1 is 1.50 bits per heavy atom. The molecule has 16 heavy (non-hydrogen) atoms. The molecule has 1 aliphatic heterocycles. The molecule has 2 unspecified atom stereocenters. The Bertz CT molecular complexity index is 340. The van der Waals surface area contributed by atoms with E-state index in [1.807, 2.05) is 12.1 Å². The molecule has 1 aliphatic rings. The Kier molecular flexibility index (Phi) is 3.80. The van der Waals surface area contributed by atoms with Gasteiger partial charge in [-0.05, 0) is 13.0 Å². The summed E-state index contributed by atoms with van der Waals surface area (Å²) in [6, 6.07) is 8.98. The summed E-state index contributed by atoms with van der Waals surface area (Å²) < 4.78 is 10.8. The summed E-state index contributed by atoms with van der Waals surface area (Å²) >= 11 is 0. The fourth-order valence-corrected chi connectivity index (χ4v) is 2.16. The number of benzene rings is 1. The molecule has 2 rings (SSSR count). The topological polar surface area (TPSA) is 30.5 Å². The summed E-state index contributed by atoms with van der Waals surface area (Å²) in [5.74, 6) is 1.01. The van der Waals surface area contributed by atoms with E-state index in [0.717, 1.165) is 25.4 Å². The first kappa shape index (κ1) is 11.4. The summed E-state index contributed by atoms with van der Waals surface area (Å²) in [5, 5.41) is 3.57. The number of hydrogen-bond donors (Lipinski definition) is 1. The Hall–Kier alpha value is -1.06. The van der Waals surface area contributed by atoms with Crippen molar-refractivity contribution in [3.05, 3.63) is 29.8 Å². The molecule has 0 amide bonds. The first-order chi connectivity index (χ1) is 7.81. The SMILES string of the molecule is COCC(C)NC1CCOc2ccccc21. The van der Waals surface area contributed by atoms with E-state index in [1.54, 1.807) is 7.11 Å². The highest BCUT2D eigenvalue weighted by Gasteiger charge is 2.21. The van der Waals surface area contributed by atoms with Crippen molar-refractivity contribution >= 4 is 0 Å². The molecule has 0 spiro atoms. The van der Waals surface area contributed by atoms with Crippen LogP contribution in [0.4, 0.5) is 0 Å². The molecular formula is C13H19NO2. The average Bonchev–Trinajstić information content (AvgIpc) is 2.30. The van der Waals surface area contributed by atoms with E-state index in [9.17, 15) is 0 Å². The van der Waals surface area contributed by atoms with Gasteiger partial charge in [-0.1, -0.05) is 18.2 Å². The van der Waals surface area contributed by atoms with Crippen molar-refractivity contribution in [3.8, 4) is 5.75 Å². The molecule has 1 aromatic rings. The van der Waals surface area contributed by atoms with Gasteiger partial charge in [-0.25, -0.2) is 0 Å². The van der Waals surface area contributed by atoms with E-state index in [2.05, 4.69) is 24.4 Å². The molecule has 0 fully saturated rings. The minimum atomic E-state index is 0.362. The third-order valence-electron chi connectivity index (χ3n) is 2.86. The highest BCUT2D eigenvalue weighted by atomic mass is 16.5. The van der Waals surface area contributed by atoms with Gasteiger partial charge in [0.15, 0.2) is 0 Å². The first-order valence-corrected chi connectivity index (χ1v) is 5.78. The maximum Gasteiger partial charge on any atom is 0.124 e. The van der Waals surface area contributed by atoms with Crippen molar-refractivity contribution < 1.29 is 9.47 Å². The molecule has 0 saturated heterocycles. The van der Waals surface area contributed by atoms with E-state index >= 15 is 0 Å². The second-order valence-corrected chi connectivity index (χ2v) is 4.25. The highest BCUT2D eigenvalue weighted by Crippen LogP contribution is 2.31. The van der Waals surface area contributed by atoms with E-state index in [1.165, 1.54) is 5.56 Å². The van der Waals surface area contributed by atoms with Crippen LogP contribution in [-0.2, 0) is 4.74 Å². The maximum absolute atomic E-state index is 5.62. The lowest BCUT2D eigenvalue weighted by Gasteiger charge is -2.29. The van der Waals surface area contributed by atoms with Gasteiger partial charge in [0.05, 0.1) is 13.2 Å².